The smallest absolute Gasteiger partial charge is 0.219 e. The fraction of sp³-hybridized carbons (Fsp3) is 0.692. The van der Waals surface area contributed by atoms with Crippen LogP contribution in [0.25, 0.3) is 0 Å². The molecular formula is C13H22N2O4. The van der Waals surface area contributed by atoms with E-state index < -0.39 is 0 Å². The summed E-state index contributed by atoms with van der Waals surface area (Å²) < 4.78 is 0. The van der Waals surface area contributed by atoms with Crippen LogP contribution in [0.5, 0.6) is 0 Å². The second kappa shape index (κ2) is 8.53. The summed E-state index contributed by atoms with van der Waals surface area (Å²) >= 11 is 0. The van der Waals surface area contributed by atoms with Gasteiger partial charge in [0.05, 0.1) is 19.6 Å². The Morgan fingerprint density at radius 3 is 1.42 bits per heavy atom. The zero-order valence-electron chi connectivity index (χ0n) is 12.1. The van der Waals surface area contributed by atoms with E-state index in [1.165, 1.54) is 32.6 Å². The molecule has 0 heterocycles. The van der Waals surface area contributed by atoms with E-state index in [-0.39, 0.29) is 42.9 Å². The van der Waals surface area contributed by atoms with Gasteiger partial charge in [-0.25, -0.2) is 0 Å². The second-order valence-electron chi connectivity index (χ2n) is 4.76. The van der Waals surface area contributed by atoms with Gasteiger partial charge in [0.15, 0.2) is 0 Å². The Kier molecular flexibility index (Phi) is 7.83. The predicted molar refractivity (Wildman–Crippen MR) is 70.7 cm³/mol. The third-order valence-corrected chi connectivity index (χ3v) is 2.44. The molecule has 108 valence electrons. The van der Waals surface area contributed by atoms with Gasteiger partial charge < -0.3 is 4.90 Å². The molecule has 0 bridgehead atoms. The van der Waals surface area contributed by atoms with Gasteiger partial charge in [0.1, 0.15) is 17.3 Å². The average molecular weight is 270 g/mol. The highest BCUT2D eigenvalue weighted by atomic mass is 16.2. The normalized spacial score (nSPS) is 10.4. The molecule has 0 spiro atoms. The summed E-state index contributed by atoms with van der Waals surface area (Å²) in [4.78, 5) is 47.7. The van der Waals surface area contributed by atoms with Crippen LogP contribution in [-0.2, 0) is 19.2 Å². The maximum atomic E-state index is 11.4. The van der Waals surface area contributed by atoms with Gasteiger partial charge in [0.2, 0.25) is 5.91 Å². The Bertz CT molecular complexity index is 350. The van der Waals surface area contributed by atoms with E-state index in [0.29, 0.717) is 13.1 Å². The number of carbonyl (C=O) groups excluding carboxylic acids is 4. The molecule has 0 aliphatic heterocycles. The van der Waals surface area contributed by atoms with Crippen LogP contribution in [0.1, 0.15) is 27.7 Å². The van der Waals surface area contributed by atoms with Gasteiger partial charge in [-0.1, -0.05) is 0 Å². The Labute approximate surface area is 113 Å². The van der Waals surface area contributed by atoms with Crippen LogP contribution < -0.4 is 0 Å². The molecule has 0 aromatic rings. The first-order chi connectivity index (χ1) is 8.72. The van der Waals surface area contributed by atoms with Gasteiger partial charge in [-0.15, -0.1) is 0 Å². The molecule has 0 N–H and O–H groups in total. The van der Waals surface area contributed by atoms with Crippen molar-refractivity contribution < 1.29 is 19.2 Å². The first-order valence-corrected chi connectivity index (χ1v) is 6.18. The lowest BCUT2D eigenvalue weighted by atomic mass is 10.3. The molecule has 0 aromatic heterocycles. The van der Waals surface area contributed by atoms with Crippen LogP contribution in [-0.4, -0.2) is 65.8 Å². The minimum Gasteiger partial charge on any atom is -0.334 e. The maximum absolute atomic E-state index is 11.4. The molecule has 1 amide bonds. The molecule has 0 fully saturated rings. The first-order valence-electron chi connectivity index (χ1n) is 6.18. The molecule has 0 aliphatic carbocycles. The number of Topliss-reactive ketones (excluding diaryl/α,β-unsaturated/α-hetero) is 3. The van der Waals surface area contributed by atoms with Crippen molar-refractivity contribution in [2.75, 3.05) is 32.7 Å². The summed E-state index contributed by atoms with van der Waals surface area (Å²) in [7, 11) is 0. The molecular weight excluding hydrogens is 248 g/mol. The monoisotopic (exact) mass is 270 g/mol. The zero-order chi connectivity index (χ0) is 15.0. The number of carbonyl (C=O) groups is 4. The highest BCUT2D eigenvalue weighted by molar-refractivity contribution is 5.83. The summed E-state index contributed by atoms with van der Waals surface area (Å²) in [6.45, 7) is 6.83. The molecule has 0 saturated carbocycles. The Morgan fingerprint density at radius 2 is 1.11 bits per heavy atom. The Hall–Kier alpha value is -1.56. The maximum Gasteiger partial charge on any atom is 0.219 e. The molecule has 0 radical (unpaired) electrons. The predicted octanol–water partition coefficient (Wildman–Crippen LogP) is -0.0961. The van der Waals surface area contributed by atoms with Gasteiger partial charge in [-0.05, 0) is 20.8 Å². The number of rotatable bonds is 9. The molecule has 0 saturated heterocycles. The zero-order valence-corrected chi connectivity index (χ0v) is 12.1. The SMILES string of the molecule is CC(=O)CN(CCN(CC(C)=O)C(C)=O)CC(C)=O. The van der Waals surface area contributed by atoms with Crippen molar-refractivity contribution in [3.05, 3.63) is 0 Å². The Balaban J connectivity index is 4.47. The topological polar surface area (TPSA) is 74.8 Å². The van der Waals surface area contributed by atoms with Crippen LogP contribution in [0.2, 0.25) is 0 Å². The van der Waals surface area contributed by atoms with Gasteiger partial charge in [-0.3, -0.25) is 24.1 Å². The fourth-order valence-electron chi connectivity index (χ4n) is 1.72. The molecule has 0 aliphatic rings. The number of hydrogen-bond acceptors (Lipinski definition) is 5. The fourth-order valence-corrected chi connectivity index (χ4v) is 1.72. The van der Waals surface area contributed by atoms with Crippen LogP contribution in [0.3, 0.4) is 0 Å². The summed E-state index contributed by atoms with van der Waals surface area (Å²) in [6, 6.07) is 0. The Morgan fingerprint density at radius 1 is 0.684 bits per heavy atom. The van der Waals surface area contributed by atoms with Crippen molar-refractivity contribution >= 4 is 23.3 Å². The second-order valence-corrected chi connectivity index (χ2v) is 4.76. The molecule has 6 nitrogen and oxygen atoms in total. The van der Waals surface area contributed by atoms with Crippen LogP contribution in [0, 0.1) is 0 Å². The lowest BCUT2D eigenvalue weighted by Crippen LogP contribution is -2.42. The average Bonchev–Trinajstić information content (AvgIpc) is 2.21. The summed E-state index contributed by atoms with van der Waals surface area (Å²) in [5.74, 6) is -0.370. The standard InChI is InChI=1S/C13H22N2O4/c1-10(16)7-14(8-11(2)17)5-6-15(13(4)19)9-12(3)18/h5-9H2,1-4H3. The van der Waals surface area contributed by atoms with Gasteiger partial charge in [-0.2, -0.15) is 0 Å². The lowest BCUT2D eigenvalue weighted by molar-refractivity contribution is -0.133. The van der Waals surface area contributed by atoms with Crippen LogP contribution in [0.15, 0.2) is 0 Å². The molecule has 0 rings (SSSR count). The van der Waals surface area contributed by atoms with Gasteiger partial charge in [0, 0.05) is 20.0 Å². The van der Waals surface area contributed by atoms with Crippen molar-refractivity contribution in [3.63, 3.8) is 0 Å². The largest absolute Gasteiger partial charge is 0.334 e. The van der Waals surface area contributed by atoms with Gasteiger partial charge >= 0.3 is 0 Å². The minimum absolute atomic E-state index is 0.0396. The summed E-state index contributed by atoms with van der Waals surface area (Å²) in [5.41, 5.74) is 0. The van der Waals surface area contributed by atoms with E-state index in [4.69, 9.17) is 0 Å². The highest BCUT2D eigenvalue weighted by Crippen LogP contribution is 1.95. The molecule has 0 unspecified atom stereocenters. The minimum atomic E-state index is -0.194. The molecule has 19 heavy (non-hydrogen) atoms. The van der Waals surface area contributed by atoms with E-state index in [0.717, 1.165) is 0 Å². The third-order valence-electron chi connectivity index (χ3n) is 2.44. The number of amides is 1. The van der Waals surface area contributed by atoms with E-state index >= 15 is 0 Å². The van der Waals surface area contributed by atoms with E-state index in [2.05, 4.69) is 0 Å². The molecule has 0 aromatic carbocycles. The van der Waals surface area contributed by atoms with Crippen molar-refractivity contribution in [2.24, 2.45) is 0 Å². The van der Waals surface area contributed by atoms with Crippen molar-refractivity contribution in [2.45, 2.75) is 27.7 Å². The van der Waals surface area contributed by atoms with Crippen LogP contribution in [0.4, 0.5) is 0 Å². The van der Waals surface area contributed by atoms with Crippen LogP contribution >= 0.6 is 0 Å². The van der Waals surface area contributed by atoms with E-state index in [9.17, 15) is 19.2 Å². The van der Waals surface area contributed by atoms with Crippen molar-refractivity contribution in [1.29, 1.82) is 0 Å². The summed E-state index contributed by atoms with van der Waals surface area (Å²) in [6.07, 6.45) is 0. The van der Waals surface area contributed by atoms with Gasteiger partial charge in [0.25, 0.3) is 0 Å². The number of nitrogens with zero attached hydrogens (tertiary/aromatic N) is 2. The van der Waals surface area contributed by atoms with Crippen molar-refractivity contribution in [1.82, 2.24) is 9.80 Å². The van der Waals surface area contributed by atoms with Crippen molar-refractivity contribution in [3.8, 4) is 0 Å². The lowest BCUT2D eigenvalue weighted by Gasteiger charge is -2.25. The quantitative estimate of drug-likeness (QED) is 0.585. The van der Waals surface area contributed by atoms with E-state index in [1.807, 2.05) is 0 Å². The summed E-state index contributed by atoms with van der Waals surface area (Å²) in [5, 5.41) is 0. The highest BCUT2D eigenvalue weighted by Gasteiger charge is 2.15. The first kappa shape index (κ1) is 17.4. The molecule has 6 heteroatoms. The number of hydrogen-bond donors (Lipinski definition) is 0. The van der Waals surface area contributed by atoms with E-state index in [1.54, 1.807) is 4.90 Å². The number of ketones is 3. The third kappa shape index (κ3) is 9.07. The molecule has 0 atom stereocenters.